The molecule has 0 aliphatic carbocycles. The molecule has 25 heavy (non-hydrogen) atoms. The first-order chi connectivity index (χ1) is 12.0. The van der Waals surface area contributed by atoms with Gasteiger partial charge < -0.3 is 14.4 Å². The maximum absolute atomic E-state index is 12.9. The largest absolute Gasteiger partial charge is 0.477 e. The third-order valence-electron chi connectivity index (χ3n) is 4.49. The van der Waals surface area contributed by atoms with Gasteiger partial charge in [0.25, 0.3) is 17.7 Å². The first-order valence-electron chi connectivity index (χ1n) is 8.32. The van der Waals surface area contributed by atoms with Crippen LogP contribution in [0, 0.1) is 13.8 Å². The van der Waals surface area contributed by atoms with Crippen LogP contribution >= 0.6 is 0 Å². The zero-order valence-electron chi connectivity index (χ0n) is 15.0. The van der Waals surface area contributed by atoms with Crippen molar-refractivity contribution in [3.05, 3.63) is 29.3 Å². The van der Waals surface area contributed by atoms with Gasteiger partial charge >= 0.3 is 0 Å². The Labute approximate surface area is 146 Å². The molecule has 0 spiro atoms. The predicted octanol–water partition coefficient (Wildman–Crippen LogP) is 1.52. The summed E-state index contributed by atoms with van der Waals surface area (Å²) in [6.45, 7) is 4.99. The molecule has 2 aromatic rings. The third kappa shape index (κ3) is 3.42. The number of carbonyl (C=O) groups is 1. The van der Waals surface area contributed by atoms with Gasteiger partial charge in [-0.15, -0.1) is 0 Å². The number of rotatable bonds is 4. The summed E-state index contributed by atoms with van der Waals surface area (Å²) >= 11 is 0. The van der Waals surface area contributed by atoms with Gasteiger partial charge in [-0.3, -0.25) is 9.48 Å². The molecule has 0 radical (unpaired) electrons. The minimum Gasteiger partial charge on any atom is -0.477 e. The SMILES string of the molecule is COc1nccnc1OC1CCCN(C(=O)c2c(C)nn(C)c2C)C1. The summed E-state index contributed by atoms with van der Waals surface area (Å²) in [6, 6.07) is 0. The Kier molecular flexibility index (Phi) is 4.87. The minimum atomic E-state index is -0.138. The third-order valence-corrected chi connectivity index (χ3v) is 4.49. The first kappa shape index (κ1) is 17.2. The fourth-order valence-electron chi connectivity index (χ4n) is 3.15. The lowest BCUT2D eigenvalue weighted by molar-refractivity contribution is 0.0518. The van der Waals surface area contributed by atoms with Gasteiger partial charge in [0.1, 0.15) is 6.10 Å². The number of ether oxygens (including phenoxy) is 2. The van der Waals surface area contributed by atoms with Crippen molar-refractivity contribution in [1.29, 1.82) is 0 Å². The van der Waals surface area contributed by atoms with Gasteiger partial charge in [-0.1, -0.05) is 0 Å². The van der Waals surface area contributed by atoms with E-state index < -0.39 is 0 Å². The highest BCUT2D eigenvalue weighted by Gasteiger charge is 2.29. The molecule has 8 heteroatoms. The molecular weight excluding hydrogens is 322 g/mol. The van der Waals surface area contributed by atoms with E-state index in [9.17, 15) is 4.79 Å². The van der Waals surface area contributed by atoms with Crippen LogP contribution in [0.15, 0.2) is 12.4 Å². The first-order valence-corrected chi connectivity index (χ1v) is 8.32. The predicted molar refractivity (Wildman–Crippen MR) is 90.8 cm³/mol. The Morgan fingerprint density at radius 1 is 1.24 bits per heavy atom. The van der Waals surface area contributed by atoms with Gasteiger partial charge in [-0.05, 0) is 26.7 Å². The quantitative estimate of drug-likeness (QED) is 0.835. The minimum absolute atomic E-state index is 0.00232. The van der Waals surface area contributed by atoms with Crippen LogP contribution < -0.4 is 9.47 Å². The molecular formula is C17H23N5O3. The van der Waals surface area contributed by atoms with Crippen LogP contribution in [0.5, 0.6) is 11.8 Å². The zero-order valence-corrected chi connectivity index (χ0v) is 15.0. The maximum atomic E-state index is 12.9. The number of nitrogens with zero attached hydrogens (tertiary/aromatic N) is 5. The van der Waals surface area contributed by atoms with E-state index in [0.29, 0.717) is 30.4 Å². The van der Waals surface area contributed by atoms with E-state index in [4.69, 9.17) is 9.47 Å². The molecule has 1 saturated heterocycles. The van der Waals surface area contributed by atoms with Gasteiger partial charge in [-0.25, -0.2) is 9.97 Å². The van der Waals surface area contributed by atoms with Crippen LogP contribution in [0.25, 0.3) is 0 Å². The number of hydrogen-bond acceptors (Lipinski definition) is 6. The number of likely N-dealkylation sites (tertiary alicyclic amines) is 1. The molecule has 1 aliphatic rings. The number of aryl methyl sites for hydroxylation is 2. The molecule has 134 valence electrons. The van der Waals surface area contributed by atoms with Crippen LogP contribution in [0.1, 0.15) is 34.6 Å². The fraction of sp³-hybridized carbons (Fsp3) is 0.529. The Balaban J connectivity index is 1.74. The summed E-state index contributed by atoms with van der Waals surface area (Å²) in [4.78, 5) is 23.0. The molecule has 3 heterocycles. The average molecular weight is 345 g/mol. The summed E-state index contributed by atoms with van der Waals surface area (Å²) < 4.78 is 12.9. The van der Waals surface area contributed by atoms with Gasteiger partial charge in [0.15, 0.2) is 0 Å². The Morgan fingerprint density at radius 3 is 2.60 bits per heavy atom. The highest BCUT2D eigenvalue weighted by atomic mass is 16.5. The molecule has 1 aliphatic heterocycles. The monoisotopic (exact) mass is 345 g/mol. The highest BCUT2D eigenvalue weighted by molar-refractivity contribution is 5.96. The van der Waals surface area contributed by atoms with Crippen LogP contribution in [0.3, 0.4) is 0 Å². The molecule has 0 bridgehead atoms. The topological polar surface area (TPSA) is 82.4 Å². The summed E-state index contributed by atoms with van der Waals surface area (Å²) in [7, 11) is 3.38. The molecule has 0 N–H and O–H groups in total. The lowest BCUT2D eigenvalue weighted by Gasteiger charge is -2.32. The molecule has 1 unspecified atom stereocenters. The van der Waals surface area contributed by atoms with E-state index in [1.807, 2.05) is 25.8 Å². The number of methoxy groups -OCH3 is 1. The molecule has 3 rings (SSSR count). The van der Waals surface area contributed by atoms with Crippen molar-refractivity contribution in [3.8, 4) is 11.8 Å². The number of hydrogen-bond donors (Lipinski definition) is 0. The average Bonchev–Trinajstić information content (AvgIpc) is 2.87. The van der Waals surface area contributed by atoms with E-state index in [-0.39, 0.29) is 12.0 Å². The second-order valence-electron chi connectivity index (χ2n) is 6.17. The van der Waals surface area contributed by atoms with Crippen molar-refractivity contribution in [1.82, 2.24) is 24.6 Å². The summed E-state index contributed by atoms with van der Waals surface area (Å²) in [5.41, 5.74) is 2.31. The van der Waals surface area contributed by atoms with Gasteiger partial charge in [0.2, 0.25) is 0 Å². The van der Waals surface area contributed by atoms with Crippen LogP contribution in [-0.4, -0.2) is 56.9 Å². The second kappa shape index (κ2) is 7.08. The standard InChI is InChI=1S/C17H23N5O3/c1-11-14(12(2)21(3)20-11)17(23)22-9-5-6-13(10-22)25-16-15(24-4)18-7-8-19-16/h7-8,13H,5-6,9-10H2,1-4H3. The van der Waals surface area contributed by atoms with Gasteiger partial charge in [0, 0.05) is 31.7 Å². The lowest BCUT2D eigenvalue weighted by atomic mass is 10.1. The van der Waals surface area contributed by atoms with Crippen molar-refractivity contribution in [2.75, 3.05) is 20.2 Å². The molecule has 8 nitrogen and oxygen atoms in total. The smallest absolute Gasteiger partial charge is 0.278 e. The highest BCUT2D eigenvalue weighted by Crippen LogP contribution is 2.25. The molecule has 0 aromatic carbocycles. The Bertz CT molecular complexity index is 774. The van der Waals surface area contributed by atoms with Crippen molar-refractivity contribution in [2.45, 2.75) is 32.8 Å². The van der Waals surface area contributed by atoms with Crippen LogP contribution in [0.4, 0.5) is 0 Å². The summed E-state index contributed by atoms with van der Waals surface area (Å²) in [6.07, 6.45) is 4.70. The van der Waals surface area contributed by atoms with E-state index in [0.717, 1.165) is 24.2 Å². The molecule has 1 atom stereocenters. The van der Waals surface area contributed by atoms with E-state index in [1.165, 1.54) is 7.11 Å². The Hall–Kier alpha value is -2.64. The Morgan fingerprint density at radius 2 is 1.96 bits per heavy atom. The van der Waals surface area contributed by atoms with Gasteiger partial charge in [0.05, 0.1) is 24.9 Å². The normalized spacial score (nSPS) is 17.4. The molecule has 2 aromatic heterocycles. The van der Waals surface area contributed by atoms with Crippen LogP contribution in [0.2, 0.25) is 0 Å². The number of amides is 1. The zero-order chi connectivity index (χ0) is 18.0. The van der Waals surface area contributed by atoms with Gasteiger partial charge in [-0.2, -0.15) is 5.10 Å². The molecule has 1 amide bonds. The summed E-state index contributed by atoms with van der Waals surface area (Å²) in [5.74, 6) is 0.713. The summed E-state index contributed by atoms with van der Waals surface area (Å²) in [5, 5.41) is 4.34. The van der Waals surface area contributed by atoms with E-state index >= 15 is 0 Å². The second-order valence-corrected chi connectivity index (χ2v) is 6.17. The van der Waals surface area contributed by atoms with Crippen molar-refractivity contribution in [3.63, 3.8) is 0 Å². The fourth-order valence-corrected chi connectivity index (χ4v) is 3.15. The van der Waals surface area contributed by atoms with E-state index in [1.54, 1.807) is 17.1 Å². The maximum Gasteiger partial charge on any atom is 0.278 e. The van der Waals surface area contributed by atoms with Crippen molar-refractivity contribution in [2.24, 2.45) is 7.05 Å². The van der Waals surface area contributed by atoms with Crippen molar-refractivity contribution < 1.29 is 14.3 Å². The number of carbonyl (C=O) groups excluding carboxylic acids is 1. The lowest BCUT2D eigenvalue weighted by Crippen LogP contribution is -2.44. The number of aromatic nitrogens is 4. The van der Waals surface area contributed by atoms with Crippen molar-refractivity contribution >= 4 is 5.91 Å². The molecule has 1 fully saturated rings. The van der Waals surface area contributed by atoms with Crippen LogP contribution in [-0.2, 0) is 7.05 Å². The number of piperidine rings is 1. The van der Waals surface area contributed by atoms with E-state index in [2.05, 4.69) is 15.1 Å². The molecule has 0 saturated carbocycles.